The molecule has 2 N–H and O–H groups in total. The van der Waals surface area contributed by atoms with Crippen molar-refractivity contribution < 1.29 is 14.7 Å². The molecule has 2 amide bonds. The Morgan fingerprint density at radius 2 is 2.10 bits per heavy atom. The number of nitrogens with zero attached hydrogens (tertiary/aromatic N) is 1. The molecular formula is C16H22N2O3. The van der Waals surface area contributed by atoms with Gasteiger partial charge in [-0.05, 0) is 24.5 Å². The van der Waals surface area contributed by atoms with Crippen molar-refractivity contribution in [1.82, 2.24) is 5.32 Å². The number of carbonyl (C=O) groups is 2. The van der Waals surface area contributed by atoms with Gasteiger partial charge in [-0.2, -0.15) is 0 Å². The molecule has 0 saturated carbocycles. The number of rotatable bonds is 5. The van der Waals surface area contributed by atoms with Crippen LogP contribution in [0.25, 0.3) is 0 Å². The number of carbonyl (C=O) groups excluding carboxylic acids is 1. The van der Waals surface area contributed by atoms with E-state index in [9.17, 15) is 14.7 Å². The molecule has 0 bridgehead atoms. The maximum atomic E-state index is 12.5. The van der Waals surface area contributed by atoms with E-state index >= 15 is 0 Å². The fourth-order valence-electron chi connectivity index (χ4n) is 2.81. The van der Waals surface area contributed by atoms with Crippen LogP contribution in [0.1, 0.15) is 38.7 Å². The second-order valence-corrected chi connectivity index (χ2v) is 5.40. The van der Waals surface area contributed by atoms with E-state index in [1.54, 1.807) is 6.07 Å². The lowest BCUT2D eigenvalue weighted by Crippen LogP contribution is -2.50. The van der Waals surface area contributed by atoms with Crippen molar-refractivity contribution >= 4 is 17.7 Å². The molecule has 0 aliphatic carbocycles. The van der Waals surface area contributed by atoms with Crippen LogP contribution in [-0.4, -0.2) is 29.2 Å². The summed E-state index contributed by atoms with van der Waals surface area (Å²) in [7, 11) is 0. The Morgan fingerprint density at radius 3 is 2.71 bits per heavy atom. The maximum Gasteiger partial charge on any atom is 0.327 e. The normalized spacial score (nSPS) is 18.2. The second kappa shape index (κ2) is 6.61. The number of para-hydroxylation sites is 1. The average molecular weight is 290 g/mol. The number of carboxylic acids is 1. The number of urea groups is 1. The Hall–Kier alpha value is -2.04. The van der Waals surface area contributed by atoms with Crippen LogP contribution in [-0.2, 0) is 11.2 Å². The standard InChI is InChI=1S/C16H22N2O3/c1-3-7-12(4-2)17-16(21)18-13-9-6-5-8-11(13)10-14(18)15(19)20/h5-6,8-9,12,14H,3-4,7,10H2,1-2H3,(H,17,21)(H,19,20). The van der Waals surface area contributed by atoms with Gasteiger partial charge in [-0.15, -0.1) is 0 Å². The fourth-order valence-corrected chi connectivity index (χ4v) is 2.81. The van der Waals surface area contributed by atoms with Crippen LogP contribution < -0.4 is 10.2 Å². The average Bonchev–Trinajstić information content (AvgIpc) is 2.86. The molecule has 114 valence electrons. The molecule has 1 aliphatic heterocycles. The summed E-state index contributed by atoms with van der Waals surface area (Å²) in [5.74, 6) is -0.968. The lowest BCUT2D eigenvalue weighted by Gasteiger charge is -2.26. The number of amides is 2. The molecule has 1 aromatic rings. The highest BCUT2D eigenvalue weighted by Crippen LogP contribution is 2.32. The van der Waals surface area contributed by atoms with E-state index < -0.39 is 12.0 Å². The van der Waals surface area contributed by atoms with E-state index in [0.717, 1.165) is 24.8 Å². The third-order valence-electron chi connectivity index (χ3n) is 3.94. The largest absolute Gasteiger partial charge is 0.480 e. The summed E-state index contributed by atoms with van der Waals surface area (Å²) in [6, 6.07) is 6.33. The number of aliphatic carboxylic acids is 1. The van der Waals surface area contributed by atoms with Gasteiger partial charge in [0.2, 0.25) is 0 Å². The van der Waals surface area contributed by atoms with Gasteiger partial charge in [-0.3, -0.25) is 4.90 Å². The summed E-state index contributed by atoms with van der Waals surface area (Å²) in [6.07, 6.45) is 3.09. The van der Waals surface area contributed by atoms with E-state index in [-0.39, 0.29) is 12.1 Å². The lowest BCUT2D eigenvalue weighted by molar-refractivity contribution is -0.138. The number of hydrogen-bond donors (Lipinski definition) is 2. The first-order valence-corrected chi connectivity index (χ1v) is 7.48. The van der Waals surface area contributed by atoms with Gasteiger partial charge in [0.1, 0.15) is 6.04 Å². The van der Waals surface area contributed by atoms with Gasteiger partial charge in [-0.25, -0.2) is 9.59 Å². The molecule has 1 aromatic carbocycles. The summed E-state index contributed by atoms with van der Waals surface area (Å²) in [6.45, 7) is 4.09. The fraction of sp³-hybridized carbons (Fsp3) is 0.500. The summed E-state index contributed by atoms with van der Waals surface area (Å²) in [5, 5.41) is 12.3. The highest BCUT2D eigenvalue weighted by atomic mass is 16.4. The first-order chi connectivity index (χ1) is 10.1. The molecule has 21 heavy (non-hydrogen) atoms. The molecule has 2 rings (SSSR count). The first-order valence-electron chi connectivity index (χ1n) is 7.48. The van der Waals surface area contributed by atoms with Crippen LogP contribution in [0.15, 0.2) is 24.3 Å². The molecule has 0 radical (unpaired) electrons. The van der Waals surface area contributed by atoms with Crippen molar-refractivity contribution in [2.45, 2.75) is 51.6 Å². The second-order valence-electron chi connectivity index (χ2n) is 5.40. The van der Waals surface area contributed by atoms with Crippen LogP contribution in [0.3, 0.4) is 0 Å². The highest BCUT2D eigenvalue weighted by Gasteiger charge is 2.38. The van der Waals surface area contributed by atoms with Gasteiger partial charge in [0, 0.05) is 18.2 Å². The molecule has 1 aliphatic rings. The molecule has 0 aromatic heterocycles. The van der Waals surface area contributed by atoms with Crippen LogP contribution in [0, 0.1) is 0 Å². The molecular weight excluding hydrogens is 268 g/mol. The molecule has 1 heterocycles. The summed E-state index contributed by atoms with van der Waals surface area (Å²) >= 11 is 0. The Morgan fingerprint density at radius 1 is 1.38 bits per heavy atom. The predicted molar refractivity (Wildman–Crippen MR) is 81.6 cm³/mol. The van der Waals surface area contributed by atoms with Crippen LogP contribution in [0.5, 0.6) is 0 Å². The van der Waals surface area contributed by atoms with Crippen molar-refractivity contribution in [1.29, 1.82) is 0 Å². The number of nitrogens with one attached hydrogen (secondary N) is 1. The predicted octanol–water partition coefficient (Wildman–Crippen LogP) is 2.79. The SMILES string of the molecule is CCCC(CC)NC(=O)N1c2ccccc2CC1C(=O)O. The van der Waals surface area contributed by atoms with E-state index in [1.807, 2.05) is 25.1 Å². The zero-order chi connectivity index (χ0) is 15.4. The summed E-state index contributed by atoms with van der Waals surface area (Å²) < 4.78 is 0. The quantitative estimate of drug-likeness (QED) is 0.876. The van der Waals surface area contributed by atoms with Crippen molar-refractivity contribution in [2.24, 2.45) is 0 Å². The van der Waals surface area contributed by atoms with Crippen LogP contribution >= 0.6 is 0 Å². The minimum absolute atomic E-state index is 0.0877. The molecule has 2 unspecified atom stereocenters. The third kappa shape index (κ3) is 3.17. The van der Waals surface area contributed by atoms with Gasteiger partial charge >= 0.3 is 12.0 Å². The molecule has 0 fully saturated rings. The van der Waals surface area contributed by atoms with Gasteiger partial charge in [0.15, 0.2) is 0 Å². The molecule has 5 heteroatoms. The Bertz CT molecular complexity index is 530. The summed E-state index contributed by atoms with van der Waals surface area (Å²) in [4.78, 5) is 25.3. The van der Waals surface area contributed by atoms with Crippen LogP contribution in [0.4, 0.5) is 10.5 Å². The lowest BCUT2D eigenvalue weighted by atomic mass is 10.1. The monoisotopic (exact) mass is 290 g/mol. The van der Waals surface area contributed by atoms with E-state index in [2.05, 4.69) is 12.2 Å². The molecule has 5 nitrogen and oxygen atoms in total. The first kappa shape index (κ1) is 15.4. The number of hydrogen-bond acceptors (Lipinski definition) is 2. The number of anilines is 1. The Kier molecular flexibility index (Phi) is 4.83. The van der Waals surface area contributed by atoms with Crippen LogP contribution in [0.2, 0.25) is 0 Å². The van der Waals surface area contributed by atoms with E-state index in [4.69, 9.17) is 0 Å². The van der Waals surface area contributed by atoms with Gasteiger partial charge < -0.3 is 10.4 Å². The molecule has 2 atom stereocenters. The zero-order valence-corrected chi connectivity index (χ0v) is 12.5. The Balaban J connectivity index is 2.22. The van der Waals surface area contributed by atoms with Gasteiger partial charge in [-0.1, -0.05) is 38.5 Å². The van der Waals surface area contributed by atoms with Gasteiger partial charge in [0.25, 0.3) is 0 Å². The van der Waals surface area contributed by atoms with Crippen molar-refractivity contribution in [3.8, 4) is 0 Å². The highest BCUT2D eigenvalue weighted by molar-refractivity contribution is 6.01. The topological polar surface area (TPSA) is 69.6 Å². The zero-order valence-electron chi connectivity index (χ0n) is 12.5. The smallest absolute Gasteiger partial charge is 0.327 e. The molecule has 0 spiro atoms. The third-order valence-corrected chi connectivity index (χ3v) is 3.94. The Labute approximate surface area is 125 Å². The van der Waals surface area contributed by atoms with Crippen molar-refractivity contribution in [3.05, 3.63) is 29.8 Å². The van der Waals surface area contributed by atoms with Crippen molar-refractivity contribution in [3.63, 3.8) is 0 Å². The van der Waals surface area contributed by atoms with Gasteiger partial charge in [0.05, 0.1) is 0 Å². The van der Waals surface area contributed by atoms with Crippen molar-refractivity contribution in [2.75, 3.05) is 4.90 Å². The number of fused-ring (bicyclic) bond motifs is 1. The van der Waals surface area contributed by atoms with E-state index in [0.29, 0.717) is 12.1 Å². The minimum atomic E-state index is -0.968. The number of carboxylic acid groups (broad SMARTS) is 1. The van der Waals surface area contributed by atoms with E-state index in [1.165, 1.54) is 4.90 Å². The summed E-state index contributed by atoms with van der Waals surface area (Å²) in [5.41, 5.74) is 1.61. The minimum Gasteiger partial charge on any atom is -0.480 e. The maximum absolute atomic E-state index is 12.5. The number of benzene rings is 1. The molecule has 0 saturated heterocycles.